The van der Waals surface area contributed by atoms with Crippen molar-refractivity contribution in [3.8, 4) is 0 Å². The van der Waals surface area contributed by atoms with E-state index in [1.165, 1.54) is 17.7 Å². The van der Waals surface area contributed by atoms with Gasteiger partial charge in [0.05, 0.1) is 31.8 Å². The lowest BCUT2D eigenvalue weighted by Crippen LogP contribution is -3.12. The Morgan fingerprint density at radius 2 is 2.00 bits per heavy atom. The average Bonchev–Trinajstić information content (AvgIpc) is 2.99. The van der Waals surface area contributed by atoms with E-state index in [0.717, 1.165) is 53.8 Å². The summed E-state index contributed by atoms with van der Waals surface area (Å²) in [6.45, 7) is 5.13. The number of pyridine rings is 1. The molecule has 0 amide bonds. The average molecular weight is 398 g/mol. The largest absolute Gasteiger partial charge is 0.383 e. The van der Waals surface area contributed by atoms with Gasteiger partial charge in [-0.15, -0.1) is 5.10 Å². The SMILES string of the molecule is COCCn1nnnc1[C@@H](c1cc2ccc(C)cc2[nH]c1=O)[NH+]1CCCCCC1. The number of hydrogen-bond donors (Lipinski definition) is 2. The van der Waals surface area contributed by atoms with Crippen LogP contribution in [0.4, 0.5) is 0 Å². The van der Waals surface area contributed by atoms with Crippen molar-refractivity contribution in [2.75, 3.05) is 26.8 Å². The lowest BCUT2D eigenvalue weighted by molar-refractivity contribution is -0.925. The van der Waals surface area contributed by atoms with Crippen LogP contribution in [0.25, 0.3) is 10.9 Å². The number of aryl methyl sites for hydroxylation is 1. The molecule has 1 aromatic carbocycles. The molecule has 3 heterocycles. The van der Waals surface area contributed by atoms with Crippen LogP contribution in [0.15, 0.2) is 29.1 Å². The molecule has 1 aliphatic heterocycles. The maximum absolute atomic E-state index is 13.2. The first-order valence-corrected chi connectivity index (χ1v) is 10.4. The summed E-state index contributed by atoms with van der Waals surface area (Å²) in [5, 5.41) is 13.5. The van der Waals surface area contributed by atoms with Gasteiger partial charge in [0.2, 0.25) is 5.82 Å². The van der Waals surface area contributed by atoms with Crippen LogP contribution >= 0.6 is 0 Å². The number of nitrogens with zero attached hydrogens (tertiary/aromatic N) is 4. The second kappa shape index (κ2) is 8.84. The molecular weight excluding hydrogens is 368 g/mol. The number of hydrogen-bond acceptors (Lipinski definition) is 5. The standard InChI is InChI=1S/C21H28N6O2/c1-15-7-8-16-14-17(21(28)22-18(16)13-15)19(26-9-5-3-4-6-10-26)20-23-24-25-27(20)11-12-29-2/h7-8,13-14,19H,3-6,9-12H2,1-2H3,(H,22,28)/p+1/t19-/m1/s1. The number of rotatable bonds is 6. The van der Waals surface area contributed by atoms with E-state index in [9.17, 15) is 4.79 Å². The molecule has 0 saturated carbocycles. The van der Waals surface area contributed by atoms with Crippen molar-refractivity contribution in [2.24, 2.45) is 0 Å². The summed E-state index contributed by atoms with van der Waals surface area (Å²) < 4.78 is 7.01. The second-order valence-corrected chi connectivity index (χ2v) is 7.90. The third-order valence-electron chi connectivity index (χ3n) is 5.82. The Morgan fingerprint density at radius 1 is 1.21 bits per heavy atom. The molecule has 2 aromatic heterocycles. The van der Waals surface area contributed by atoms with Gasteiger partial charge in [-0.25, -0.2) is 4.68 Å². The third kappa shape index (κ3) is 4.23. The molecule has 0 unspecified atom stereocenters. The number of nitrogens with one attached hydrogen (secondary N) is 2. The molecule has 29 heavy (non-hydrogen) atoms. The van der Waals surface area contributed by atoms with E-state index in [1.807, 2.05) is 19.1 Å². The molecule has 0 spiro atoms. The van der Waals surface area contributed by atoms with Crippen LogP contribution in [0.3, 0.4) is 0 Å². The van der Waals surface area contributed by atoms with Gasteiger partial charge < -0.3 is 14.6 Å². The topological polar surface area (TPSA) is 90.1 Å². The normalized spacial score (nSPS) is 16.8. The van der Waals surface area contributed by atoms with E-state index in [4.69, 9.17) is 4.74 Å². The summed E-state index contributed by atoms with van der Waals surface area (Å²) in [5.41, 5.74) is 2.65. The number of tetrazole rings is 1. The Labute approximate surface area is 169 Å². The molecule has 4 rings (SSSR count). The summed E-state index contributed by atoms with van der Waals surface area (Å²) in [6, 6.07) is 7.96. The van der Waals surface area contributed by atoms with Crippen LogP contribution in [0.2, 0.25) is 0 Å². The van der Waals surface area contributed by atoms with E-state index in [1.54, 1.807) is 11.8 Å². The smallest absolute Gasteiger partial charge is 0.258 e. The van der Waals surface area contributed by atoms with Gasteiger partial charge in [-0.3, -0.25) is 4.79 Å². The van der Waals surface area contributed by atoms with Gasteiger partial charge in [-0.1, -0.05) is 12.1 Å². The molecule has 0 aliphatic carbocycles. The number of benzene rings is 1. The number of H-pyrrole nitrogens is 1. The highest BCUT2D eigenvalue weighted by atomic mass is 16.5. The first kappa shape index (κ1) is 19.7. The predicted octanol–water partition coefficient (Wildman–Crippen LogP) is 1.02. The maximum atomic E-state index is 13.2. The highest BCUT2D eigenvalue weighted by molar-refractivity contribution is 5.79. The zero-order valence-corrected chi connectivity index (χ0v) is 17.1. The summed E-state index contributed by atoms with van der Waals surface area (Å²) in [7, 11) is 1.66. The Kier molecular flexibility index (Phi) is 6.01. The van der Waals surface area contributed by atoms with E-state index >= 15 is 0 Å². The van der Waals surface area contributed by atoms with Crippen LogP contribution in [0.5, 0.6) is 0 Å². The van der Waals surface area contributed by atoms with Crippen molar-refractivity contribution >= 4 is 10.9 Å². The summed E-state index contributed by atoms with van der Waals surface area (Å²) in [6.07, 6.45) is 4.77. The number of methoxy groups -OCH3 is 1. The van der Waals surface area contributed by atoms with Crippen LogP contribution in [0.1, 0.15) is 48.7 Å². The Morgan fingerprint density at radius 3 is 2.76 bits per heavy atom. The summed E-state index contributed by atoms with van der Waals surface area (Å²) in [4.78, 5) is 17.6. The van der Waals surface area contributed by atoms with Crippen LogP contribution < -0.4 is 10.5 Å². The third-order valence-corrected chi connectivity index (χ3v) is 5.82. The Hall–Kier alpha value is -2.58. The van der Waals surface area contributed by atoms with Crippen molar-refractivity contribution in [3.05, 3.63) is 51.6 Å². The van der Waals surface area contributed by atoms with Crippen molar-refractivity contribution in [1.82, 2.24) is 25.2 Å². The molecule has 8 nitrogen and oxygen atoms in total. The van der Waals surface area contributed by atoms with E-state index in [2.05, 4.69) is 32.6 Å². The van der Waals surface area contributed by atoms with Crippen molar-refractivity contribution in [2.45, 2.75) is 45.2 Å². The fraction of sp³-hybridized carbons (Fsp3) is 0.524. The van der Waals surface area contributed by atoms with Crippen molar-refractivity contribution in [3.63, 3.8) is 0 Å². The molecule has 1 fully saturated rings. The number of quaternary nitrogens is 1. The lowest BCUT2D eigenvalue weighted by atomic mass is 10.0. The number of aromatic amines is 1. The number of ether oxygens (including phenoxy) is 1. The maximum Gasteiger partial charge on any atom is 0.258 e. The van der Waals surface area contributed by atoms with Crippen LogP contribution in [-0.4, -0.2) is 52.0 Å². The van der Waals surface area contributed by atoms with E-state index in [-0.39, 0.29) is 11.6 Å². The van der Waals surface area contributed by atoms with E-state index in [0.29, 0.717) is 13.2 Å². The van der Waals surface area contributed by atoms with Gasteiger partial charge in [-0.05, 0) is 66.1 Å². The molecule has 0 radical (unpaired) electrons. The highest BCUT2D eigenvalue weighted by Crippen LogP contribution is 2.20. The second-order valence-electron chi connectivity index (χ2n) is 7.90. The molecule has 1 atom stereocenters. The van der Waals surface area contributed by atoms with Crippen molar-refractivity contribution in [1.29, 1.82) is 0 Å². The van der Waals surface area contributed by atoms with Crippen molar-refractivity contribution < 1.29 is 9.64 Å². The zero-order chi connectivity index (χ0) is 20.2. The van der Waals surface area contributed by atoms with Gasteiger partial charge in [0.25, 0.3) is 5.56 Å². The Bertz CT molecular complexity index is 1020. The molecular formula is C21H29N6O2+. The van der Waals surface area contributed by atoms with Gasteiger partial charge in [0.15, 0.2) is 6.04 Å². The Balaban J connectivity index is 1.83. The quantitative estimate of drug-likeness (QED) is 0.648. The fourth-order valence-corrected chi connectivity index (χ4v) is 4.31. The number of fused-ring (bicyclic) bond motifs is 1. The lowest BCUT2D eigenvalue weighted by Gasteiger charge is -2.26. The zero-order valence-electron chi connectivity index (χ0n) is 17.1. The predicted molar refractivity (Wildman–Crippen MR) is 110 cm³/mol. The van der Waals surface area contributed by atoms with Crippen LogP contribution in [0, 0.1) is 6.92 Å². The number of likely N-dealkylation sites (tertiary alicyclic amines) is 1. The van der Waals surface area contributed by atoms with Gasteiger partial charge in [-0.2, -0.15) is 0 Å². The molecule has 1 aliphatic rings. The summed E-state index contributed by atoms with van der Waals surface area (Å²) >= 11 is 0. The number of aromatic nitrogens is 5. The molecule has 0 bridgehead atoms. The van der Waals surface area contributed by atoms with Gasteiger partial charge in [0, 0.05) is 12.6 Å². The summed E-state index contributed by atoms with van der Waals surface area (Å²) in [5.74, 6) is 0.732. The first-order chi connectivity index (χ1) is 14.2. The fourth-order valence-electron chi connectivity index (χ4n) is 4.31. The monoisotopic (exact) mass is 397 g/mol. The molecule has 1 saturated heterocycles. The minimum absolute atomic E-state index is 0.0638. The molecule has 3 aromatic rings. The molecule has 8 heteroatoms. The van der Waals surface area contributed by atoms with Gasteiger partial charge in [0.1, 0.15) is 0 Å². The first-order valence-electron chi connectivity index (χ1n) is 10.4. The van der Waals surface area contributed by atoms with Crippen LogP contribution in [-0.2, 0) is 11.3 Å². The van der Waals surface area contributed by atoms with E-state index < -0.39 is 0 Å². The minimum atomic E-state index is -0.200. The molecule has 154 valence electrons. The minimum Gasteiger partial charge on any atom is -0.383 e. The van der Waals surface area contributed by atoms with Gasteiger partial charge >= 0.3 is 0 Å². The molecule has 2 N–H and O–H groups in total. The highest BCUT2D eigenvalue weighted by Gasteiger charge is 2.34.